The van der Waals surface area contributed by atoms with E-state index in [2.05, 4.69) is 23.5 Å². The second-order valence-corrected chi connectivity index (χ2v) is 3.95. The van der Waals surface area contributed by atoms with Crippen molar-refractivity contribution in [3.63, 3.8) is 0 Å². The van der Waals surface area contributed by atoms with E-state index in [0.29, 0.717) is 0 Å². The summed E-state index contributed by atoms with van der Waals surface area (Å²) in [6.45, 7) is 0. The summed E-state index contributed by atoms with van der Waals surface area (Å²) in [5.41, 5.74) is 2.31. The van der Waals surface area contributed by atoms with Gasteiger partial charge in [0, 0.05) is 17.3 Å². The number of rotatable bonds is 0. The van der Waals surface area contributed by atoms with Crippen LogP contribution in [0.3, 0.4) is 0 Å². The van der Waals surface area contributed by atoms with Crippen molar-refractivity contribution >= 4 is 0 Å². The van der Waals surface area contributed by atoms with Gasteiger partial charge < -0.3 is 10.1 Å². The molecule has 1 aliphatic heterocycles. The van der Waals surface area contributed by atoms with Gasteiger partial charge in [-0.2, -0.15) is 0 Å². The summed E-state index contributed by atoms with van der Waals surface area (Å²) in [6, 6.07) is 0.220. The van der Waals surface area contributed by atoms with E-state index in [1.165, 1.54) is 0 Å². The van der Waals surface area contributed by atoms with Crippen LogP contribution in [0.15, 0.2) is 72.2 Å². The minimum Gasteiger partial charge on any atom is -0.489 e. The quantitative estimate of drug-likeness (QED) is 0.664. The van der Waals surface area contributed by atoms with Gasteiger partial charge >= 0.3 is 0 Å². The molecule has 16 heavy (non-hydrogen) atoms. The largest absolute Gasteiger partial charge is 0.489 e. The fourth-order valence-electron chi connectivity index (χ4n) is 1.95. The molecule has 2 heteroatoms. The average molecular weight is 211 g/mol. The Morgan fingerprint density at radius 1 is 0.938 bits per heavy atom. The lowest BCUT2D eigenvalue weighted by atomic mass is 10.0. The van der Waals surface area contributed by atoms with Crippen LogP contribution in [-0.2, 0) is 4.74 Å². The Morgan fingerprint density at radius 3 is 2.69 bits per heavy atom. The summed E-state index contributed by atoms with van der Waals surface area (Å²) >= 11 is 0. The van der Waals surface area contributed by atoms with Gasteiger partial charge in [-0.15, -0.1) is 0 Å². The molecule has 0 aromatic carbocycles. The van der Waals surface area contributed by atoms with Gasteiger partial charge in [0.25, 0.3) is 0 Å². The second-order valence-electron chi connectivity index (χ2n) is 3.95. The second kappa shape index (κ2) is 3.89. The van der Waals surface area contributed by atoms with Crippen LogP contribution < -0.4 is 5.32 Å². The molecule has 0 spiro atoms. The van der Waals surface area contributed by atoms with Gasteiger partial charge in [0.05, 0.1) is 12.3 Å². The summed E-state index contributed by atoms with van der Waals surface area (Å²) in [5.74, 6) is 0. The number of fused-ring (bicyclic) bond motifs is 2. The molecule has 80 valence electrons. The monoisotopic (exact) mass is 211 g/mol. The van der Waals surface area contributed by atoms with E-state index in [1.807, 2.05) is 42.8 Å². The molecule has 0 saturated carbocycles. The minimum absolute atomic E-state index is 0.0326. The molecule has 0 fully saturated rings. The molecule has 3 rings (SSSR count). The maximum Gasteiger partial charge on any atom is 0.143 e. The zero-order valence-corrected chi connectivity index (χ0v) is 8.84. The minimum atomic E-state index is 0.0326. The standard InChI is InChI=1S/C14H13NO/c1-3-7-13-12(6-1)10-16-14-8-4-2-5-11(14)9-15-13/h1-10,13-15H/b11-9-,12-10-. The van der Waals surface area contributed by atoms with Gasteiger partial charge in [-0.25, -0.2) is 0 Å². The lowest BCUT2D eigenvalue weighted by molar-refractivity contribution is 0.214. The van der Waals surface area contributed by atoms with Crippen LogP contribution in [-0.4, -0.2) is 12.1 Å². The van der Waals surface area contributed by atoms with E-state index >= 15 is 0 Å². The molecule has 2 unspecified atom stereocenters. The van der Waals surface area contributed by atoms with Crippen LogP contribution in [0.25, 0.3) is 0 Å². The Kier molecular flexibility index (Phi) is 2.26. The topological polar surface area (TPSA) is 21.3 Å². The fourth-order valence-corrected chi connectivity index (χ4v) is 1.95. The first kappa shape index (κ1) is 9.28. The molecule has 0 aromatic rings. The van der Waals surface area contributed by atoms with Gasteiger partial charge in [0.15, 0.2) is 0 Å². The zero-order chi connectivity index (χ0) is 10.8. The molecule has 2 atom stereocenters. The number of allylic oxidation sites excluding steroid dienone is 4. The molecular weight excluding hydrogens is 198 g/mol. The third-order valence-corrected chi connectivity index (χ3v) is 2.86. The van der Waals surface area contributed by atoms with Crippen molar-refractivity contribution in [3.05, 3.63) is 72.2 Å². The summed E-state index contributed by atoms with van der Waals surface area (Å²) in [6.07, 6.45) is 20.3. The van der Waals surface area contributed by atoms with Crippen LogP contribution in [0.2, 0.25) is 0 Å². The average Bonchev–Trinajstić information content (AvgIpc) is 2.32. The van der Waals surface area contributed by atoms with E-state index in [-0.39, 0.29) is 12.1 Å². The summed E-state index contributed by atoms with van der Waals surface area (Å²) < 4.78 is 5.76. The van der Waals surface area contributed by atoms with Gasteiger partial charge in [-0.05, 0) is 6.08 Å². The lowest BCUT2D eigenvalue weighted by Crippen LogP contribution is -2.29. The van der Waals surface area contributed by atoms with E-state index < -0.39 is 0 Å². The smallest absolute Gasteiger partial charge is 0.143 e. The summed E-state index contributed by atoms with van der Waals surface area (Å²) in [7, 11) is 0. The van der Waals surface area contributed by atoms with Crippen molar-refractivity contribution in [2.45, 2.75) is 12.1 Å². The first-order valence-corrected chi connectivity index (χ1v) is 5.45. The van der Waals surface area contributed by atoms with Crippen LogP contribution in [0, 0.1) is 0 Å². The highest BCUT2D eigenvalue weighted by atomic mass is 16.5. The zero-order valence-electron chi connectivity index (χ0n) is 8.84. The Labute approximate surface area is 95.0 Å². The number of nitrogens with one attached hydrogen (secondary N) is 1. The molecule has 0 saturated heterocycles. The first-order chi connectivity index (χ1) is 7.93. The predicted molar refractivity (Wildman–Crippen MR) is 64.5 cm³/mol. The van der Waals surface area contributed by atoms with Crippen LogP contribution in [0.1, 0.15) is 0 Å². The third-order valence-electron chi connectivity index (χ3n) is 2.86. The Bertz CT molecular complexity index is 419. The van der Waals surface area contributed by atoms with Crippen molar-refractivity contribution in [1.29, 1.82) is 0 Å². The van der Waals surface area contributed by atoms with Gasteiger partial charge in [-0.1, -0.05) is 42.5 Å². The molecule has 2 aliphatic carbocycles. The fraction of sp³-hybridized carbons (Fsp3) is 0.143. The van der Waals surface area contributed by atoms with E-state index in [0.717, 1.165) is 11.1 Å². The lowest BCUT2D eigenvalue weighted by Gasteiger charge is -2.25. The molecule has 0 aromatic heterocycles. The predicted octanol–water partition coefficient (Wildman–Crippen LogP) is 2.36. The summed E-state index contributed by atoms with van der Waals surface area (Å²) in [5, 5.41) is 3.39. The van der Waals surface area contributed by atoms with E-state index in [1.54, 1.807) is 0 Å². The van der Waals surface area contributed by atoms with E-state index in [9.17, 15) is 0 Å². The third kappa shape index (κ3) is 1.63. The number of hydrogen-bond acceptors (Lipinski definition) is 2. The highest BCUT2D eigenvalue weighted by Crippen LogP contribution is 2.20. The van der Waals surface area contributed by atoms with Crippen molar-refractivity contribution in [1.82, 2.24) is 5.32 Å². The van der Waals surface area contributed by atoms with Crippen LogP contribution >= 0.6 is 0 Å². The van der Waals surface area contributed by atoms with Crippen LogP contribution in [0.5, 0.6) is 0 Å². The van der Waals surface area contributed by atoms with Gasteiger partial charge in [-0.3, -0.25) is 0 Å². The van der Waals surface area contributed by atoms with Crippen molar-refractivity contribution < 1.29 is 4.74 Å². The molecular formula is C14H13NO. The molecule has 0 amide bonds. The highest BCUT2D eigenvalue weighted by molar-refractivity contribution is 5.40. The SMILES string of the molecule is C1=C/C2=C/OC3C=CC=C/C3=C/NC2C=C1. The highest BCUT2D eigenvalue weighted by Gasteiger charge is 2.17. The van der Waals surface area contributed by atoms with Crippen LogP contribution in [0.4, 0.5) is 0 Å². The molecule has 2 nitrogen and oxygen atoms in total. The van der Waals surface area contributed by atoms with Gasteiger partial charge in [0.2, 0.25) is 0 Å². The molecule has 1 N–H and O–H groups in total. The molecule has 1 heterocycles. The Morgan fingerprint density at radius 2 is 1.75 bits per heavy atom. The van der Waals surface area contributed by atoms with Gasteiger partial charge in [0.1, 0.15) is 6.10 Å². The number of hydrogen-bond donors (Lipinski definition) is 1. The molecule has 0 radical (unpaired) electrons. The van der Waals surface area contributed by atoms with Crippen molar-refractivity contribution in [2.24, 2.45) is 0 Å². The Balaban J connectivity index is 1.91. The molecule has 0 bridgehead atoms. The normalized spacial score (nSPS) is 36.5. The first-order valence-electron chi connectivity index (χ1n) is 5.45. The maximum absolute atomic E-state index is 5.76. The van der Waals surface area contributed by atoms with Crippen molar-refractivity contribution in [2.75, 3.05) is 0 Å². The Hall–Kier alpha value is -1.96. The summed E-state index contributed by atoms with van der Waals surface area (Å²) in [4.78, 5) is 0. The number of ether oxygens (including phenoxy) is 1. The maximum atomic E-state index is 5.76. The van der Waals surface area contributed by atoms with Crippen molar-refractivity contribution in [3.8, 4) is 0 Å². The molecule has 3 aliphatic rings. The van der Waals surface area contributed by atoms with E-state index in [4.69, 9.17) is 4.74 Å².